The molecule has 0 radical (unpaired) electrons. The standard InChI is InChI=1S/C19H26N4O2/c1-4-23-13-16(11-20-23)12-22-10-9-21(15(2)24)14-19(22)17-5-7-18(25-3)8-6-17/h5-8,11,13,19H,4,9-10,12,14H2,1-3H3/t19-/m1/s1. The van der Waals surface area contributed by atoms with E-state index in [0.717, 1.165) is 31.9 Å². The highest BCUT2D eigenvalue weighted by molar-refractivity contribution is 5.73. The molecule has 1 aliphatic rings. The van der Waals surface area contributed by atoms with Crippen molar-refractivity contribution in [2.24, 2.45) is 0 Å². The lowest BCUT2D eigenvalue weighted by Crippen LogP contribution is -2.49. The number of aryl methyl sites for hydroxylation is 1. The minimum atomic E-state index is 0.136. The number of hydrogen-bond donors (Lipinski definition) is 0. The Bertz CT molecular complexity index is 710. The van der Waals surface area contributed by atoms with Gasteiger partial charge in [-0.25, -0.2) is 0 Å². The number of rotatable bonds is 5. The Balaban J connectivity index is 1.81. The molecule has 1 aromatic heterocycles. The van der Waals surface area contributed by atoms with E-state index in [1.807, 2.05) is 27.9 Å². The van der Waals surface area contributed by atoms with E-state index in [4.69, 9.17) is 4.74 Å². The van der Waals surface area contributed by atoms with E-state index in [-0.39, 0.29) is 11.9 Å². The molecule has 0 unspecified atom stereocenters. The topological polar surface area (TPSA) is 50.6 Å². The van der Waals surface area contributed by atoms with E-state index >= 15 is 0 Å². The van der Waals surface area contributed by atoms with Crippen molar-refractivity contribution in [2.75, 3.05) is 26.7 Å². The van der Waals surface area contributed by atoms with Crippen LogP contribution >= 0.6 is 0 Å². The lowest BCUT2D eigenvalue weighted by molar-refractivity contribution is -0.132. The zero-order valence-corrected chi connectivity index (χ0v) is 15.2. The Hall–Kier alpha value is -2.34. The molecule has 0 bridgehead atoms. The SMILES string of the molecule is CCn1cc(CN2CCN(C(C)=O)C[C@@H]2c2ccc(OC)cc2)cn1. The summed E-state index contributed by atoms with van der Waals surface area (Å²) in [5, 5.41) is 4.37. The molecule has 3 rings (SSSR count). The molecule has 2 heterocycles. The third-order valence-corrected chi connectivity index (χ3v) is 4.83. The zero-order valence-electron chi connectivity index (χ0n) is 15.2. The number of hydrogen-bond acceptors (Lipinski definition) is 4. The van der Waals surface area contributed by atoms with Gasteiger partial charge in [0.15, 0.2) is 0 Å². The molecule has 1 aromatic carbocycles. The van der Waals surface area contributed by atoms with Gasteiger partial charge in [-0.2, -0.15) is 5.10 Å². The molecule has 1 saturated heterocycles. The number of nitrogens with zero attached hydrogens (tertiary/aromatic N) is 4. The first-order valence-corrected chi connectivity index (χ1v) is 8.75. The number of carbonyl (C=O) groups excluding carboxylic acids is 1. The summed E-state index contributed by atoms with van der Waals surface area (Å²) in [6.45, 7) is 7.78. The van der Waals surface area contributed by atoms with Gasteiger partial charge in [0, 0.05) is 51.4 Å². The van der Waals surface area contributed by atoms with Crippen molar-refractivity contribution >= 4 is 5.91 Å². The molecule has 6 nitrogen and oxygen atoms in total. The number of aromatic nitrogens is 2. The predicted molar refractivity (Wildman–Crippen MR) is 96.3 cm³/mol. The van der Waals surface area contributed by atoms with Crippen LogP contribution in [0.1, 0.15) is 31.0 Å². The van der Waals surface area contributed by atoms with E-state index in [1.165, 1.54) is 11.1 Å². The molecule has 2 aromatic rings. The van der Waals surface area contributed by atoms with E-state index in [2.05, 4.69) is 35.3 Å². The van der Waals surface area contributed by atoms with Crippen molar-refractivity contribution in [3.63, 3.8) is 0 Å². The van der Waals surface area contributed by atoms with Crippen LogP contribution in [0.5, 0.6) is 5.75 Å². The average Bonchev–Trinajstić information content (AvgIpc) is 3.09. The van der Waals surface area contributed by atoms with Crippen LogP contribution in [0.4, 0.5) is 0 Å². The van der Waals surface area contributed by atoms with E-state index in [9.17, 15) is 4.79 Å². The van der Waals surface area contributed by atoms with Crippen LogP contribution in [0, 0.1) is 0 Å². The summed E-state index contributed by atoms with van der Waals surface area (Å²) in [5.74, 6) is 0.982. The van der Waals surface area contributed by atoms with Gasteiger partial charge in [-0.3, -0.25) is 14.4 Å². The molecule has 25 heavy (non-hydrogen) atoms. The second kappa shape index (κ2) is 7.70. The van der Waals surface area contributed by atoms with Gasteiger partial charge >= 0.3 is 0 Å². The molecule has 1 amide bonds. The molecular weight excluding hydrogens is 316 g/mol. The Kier molecular flexibility index (Phi) is 5.38. The van der Waals surface area contributed by atoms with Gasteiger partial charge in [0.1, 0.15) is 5.75 Å². The van der Waals surface area contributed by atoms with Crippen LogP contribution < -0.4 is 4.74 Å². The quantitative estimate of drug-likeness (QED) is 0.837. The summed E-state index contributed by atoms with van der Waals surface area (Å²) in [4.78, 5) is 16.2. The van der Waals surface area contributed by atoms with Crippen LogP contribution in [0.15, 0.2) is 36.7 Å². The van der Waals surface area contributed by atoms with Crippen molar-refractivity contribution in [1.29, 1.82) is 0 Å². The van der Waals surface area contributed by atoms with Gasteiger partial charge in [-0.15, -0.1) is 0 Å². The molecule has 6 heteroatoms. The number of ether oxygens (including phenoxy) is 1. The van der Waals surface area contributed by atoms with Gasteiger partial charge < -0.3 is 9.64 Å². The first-order valence-electron chi connectivity index (χ1n) is 8.75. The molecule has 1 atom stereocenters. The summed E-state index contributed by atoms with van der Waals surface area (Å²) >= 11 is 0. The van der Waals surface area contributed by atoms with Crippen molar-refractivity contribution in [2.45, 2.75) is 33.0 Å². The summed E-state index contributed by atoms with van der Waals surface area (Å²) in [5.41, 5.74) is 2.41. The zero-order chi connectivity index (χ0) is 17.8. The van der Waals surface area contributed by atoms with Crippen molar-refractivity contribution < 1.29 is 9.53 Å². The fourth-order valence-corrected chi connectivity index (χ4v) is 3.33. The maximum atomic E-state index is 11.9. The Morgan fingerprint density at radius 3 is 2.64 bits per heavy atom. The number of benzene rings is 1. The summed E-state index contributed by atoms with van der Waals surface area (Å²) in [6, 6.07) is 8.32. The lowest BCUT2D eigenvalue weighted by atomic mass is 10.0. The first kappa shape index (κ1) is 17.5. The van der Waals surface area contributed by atoms with E-state index in [0.29, 0.717) is 6.54 Å². The number of carbonyl (C=O) groups is 1. The van der Waals surface area contributed by atoms with Crippen LogP contribution in [-0.2, 0) is 17.9 Å². The van der Waals surface area contributed by atoms with Gasteiger partial charge in [0.2, 0.25) is 5.91 Å². The van der Waals surface area contributed by atoms with Crippen LogP contribution in [0.25, 0.3) is 0 Å². The molecule has 0 saturated carbocycles. The fourth-order valence-electron chi connectivity index (χ4n) is 3.33. The smallest absolute Gasteiger partial charge is 0.219 e. The molecule has 1 fully saturated rings. The second-order valence-electron chi connectivity index (χ2n) is 6.43. The third-order valence-electron chi connectivity index (χ3n) is 4.83. The minimum Gasteiger partial charge on any atom is -0.497 e. The second-order valence-corrected chi connectivity index (χ2v) is 6.43. The predicted octanol–water partition coefficient (Wildman–Crippen LogP) is 2.32. The van der Waals surface area contributed by atoms with Gasteiger partial charge in [-0.1, -0.05) is 12.1 Å². The Morgan fingerprint density at radius 2 is 2.04 bits per heavy atom. The molecule has 1 aliphatic heterocycles. The van der Waals surface area contributed by atoms with Crippen LogP contribution in [0.2, 0.25) is 0 Å². The summed E-state index contributed by atoms with van der Waals surface area (Å²) < 4.78 is 7.21. The molecule has 0 spiro atoms. The van der Waals surface area contributed by atoms with Gasteiger partial charge in [0.25, 0.3) is 0 Å². The van der Waals surface area contributed by atoms with Crippen molar-refractivity contribution in [3.8, 4) is 5.75 Å². The fraction of sp³-hybridized carbons (Fsp3) is 0.474. The largest absolute Gasteiger partial charge is 0.497 e. The average molecular weight is 342 g/mol. The highest BCUT2D eigenvalue weighted by Crippen LogP contribution is 2.28. The van der Waals surface area contributed by atoms with Crippen molar-refractivity contribution in [1.82, 2.24) is 19.6 Å². The maximum absolute atomic E-state index is 11.9. The minimum absolute atomic E-state index is 0.136. The molecular formula is C19H26N4O2. The van der Waals surface area contributed by atoms with Gasteiger partial charge in [0.05, 0.1) is 19.3 Å². The molecule has 134 valence electrons. The monoisotopic (exact) mass is 342 g/mol. The Morgan fingerprint density at radius 1 is 1.28 bits per heavy atom. The van der Waals surface area contributed by atoms with E-state index in [1.54, 1.807) is 14.0 Å². The normalized spacial score (nSPS) is 18.4. The lowest BCUT2D eigenvalue weighted by Gasteiger charge is -2.41. The van der Waals surface area contributed by atoms with Gasteiger partial charge in [-0.05, 0) is 24.6 Å². The number of methoxy groups -OCH3 is 1. The third kappa shape index (κ3) is 4.02. The Labute approximate surface area is 149 Å². The van der Waals surface area contributed by atoms with Crippen LogP contribution in [0.3, 0.4) is 0 Å². The number of piperazine rings is 1. The first-order chi connectivity index (χ1) is 12.1. The highest BCUT2D eigenvalue weighted by Gasteiger charge is 2.29. The number of amides is 1. The molecule has 0 aliphatic carbocycles. The van der Waals surface area contributed by atoms with E-state index < -0.39 is 0 Å². The maximum Gasteiger partial charge on any atom is 0.219 e. The molecule has 0 N–H and O–H groups in total. The van der Waals surface area contributed by atoms with Crippen LogP contribution in [-0.4, -0.2) is 52.2 Å². The van der Waals surface area contributed by atoms with Crippen molar-refractivity contribution in [3.05, 3.63) is 47.8 Å². The highest BCUT2D eigenvalue weighted by atomic mass is 16.5. The summed E-state index contributed by atoms with van der Waals surface area (Å²) in [6.07, 6.45) is 4.04. The summed E-state index contributed by atoms with van der Waals surface area (Å²) in [7, 11) is 1.67.